The van der Waals surface area contributed by atoms with E-state index in [1.807, 2.05) is 0 Å². The van der Waals surface area contributed by atoms with Gasteiger partial charge < -0.3 is 15.3 Å². The summed E-state index contributed by atoms with van der Waals surface area (Å²) in [5.74, 6) is -3.24. The van der Waals surface area contributed by atoms with Gasteiger partial charge in [-0.1, -0.05) is 19.9 Å². The van der Waals surface area contributed by atoms with Gasteiger partial charge in [-0.05, 0) is 55.7 Å². The van der Waals surface area contributed by atoms with Crippen molar-refractivity contribution in [1.29, 1.82) is 0 Å². The van der Waals surface area contributed by atoms with E-state index in [-0.39, 0.29) is 24.8 Å². The lowest BCUT2D eigenvalue weighted by Gasteiger charge is -2.63. The summed E-state index contributed by atoms with van der Waals surface area (Å²) < 4.78 is 32.1. The summed E-state index contributed by atoms with van der Waals surface area (Å²) >= 11 is 0. The molecule has 0 bridgehead atoms. The Bertz CT molecular complexity index is 839. The van der Waals surface area contributed by atoms with Gasteiger partial charge in [0.1, 0.15) is 18.4 Å². The molecule has 0 saturated heterocycles. The van der Waals surface area contributed by atoms with Crippen molar-refractivity contribution < 1.29 is 33.7 Å². The van der Waals surface area contributed by atoms with Crippen LogP contribution in [-0.4, -0.2) is 57.0 Å². The highest BCUT2D eigenvalue weighted by atomic mass is 19.1. The number of hydrogen-bond donors (Lipinski definition) is 3. The number of alkyl halides is 2. The van der Waals surface area contributed by atoms with Gasteiger partial charge in [-0.15, -0.1) is 0 Å². The van der Waals surface area contributed by atoms with E-state index in [9.17, 15) is 24.9 Å². The Kier molecular flexibility index (Phi) is 4.34. The largest absolute Gasteiger partial charge is 0.390 e. The third-order valence-electron chi connectivity index (χ3n) is 8.78. The fraction of sp³-hybridized carbons (Fsp3) is 0.727. The summed E-state index contributed by atoms with van der Waals surface area (Å²) in [5.41, 5.74) is -6.81. The Morgan fingerprint density at radius 3 is 2.55 bits per heavy atom. The Balaban J connectivity index is 1.87. The predicted molar refractivity (Wildman–Crippen MR) is 100 cm³/mol. The first-order valence-electron chi connectivity index (χ1n) is 10.2. The van der Waals surface area contributed by atoms with Crippen molar-refractivity contribution in [2.24, 2.45) is 28.6 Å². The molecule has 0 aliphatic heterocycles. The summed E-state index contributed by atoms with van der Waals surface area (Å²) in [7, 11) is 0. The topological polar surface area (TPSA) is 94.8 Å². The van der Waals surface area contributed by atoms with Crippen molar-refractivity contribution >= 4 is 11.6 Å². The molecular weight excluding hydrogens is 382 g/mol. The molecule has 160 valence electrons. The maximum atomic E-state index is 16.9. The maximum absolute atomic E-state index is 16.9. The molecule has 3 saturated carbocycles. The van der Waals surface area contributed by atoms with Gasteiger partial charge in [0, 0.05) is 16.7 Å². The third-order valence-corrected chi connectivity index (χ3v) is 8.78. The monoisotopic (exact) mass is 410 g/mol. The zero-order valence-electron chi connectivity index (χ0n) is 16.9. The molecule has 5 nitrogen and oxygen atoms in total. The molecule has 4 rings (SSSR count). The minimum Gasteiger partial charge on any atom is -0.390 e. The summed E-state index contributed by atoms with van der Waals surface area (Å²) in [4.78, 5) is 24.3. The van der Waals surface area contributed by atoms with Gasteiger partial charge in [0.25, 0.3) is 0 Å². The second-order valence-electron chi connectivity index (χ2n) is 9.84. The number of fused-ring (bicyclic) bond motifs is 5. The van der Waals surface area contributed by atoms with Crippen LogP contribution in [0.3, 0.4) is 0 Å². The molecule has 7 heteroatoms. The first-order chi connectivity index (χ1) is 13.4. The molecule has 3 fully saturated rings. The Hall–Kier alpha value is -1.44. The van der Waals surface area contributed by atoms with E-state index in [0.717, 1.165) is 6.08 Å². The van der Waals surface area contributed by atoms with E-state index in [4.69, 9.17) is 0 Å². The molecule has 0 aromatic carbocycles. The standard InChI is InChI=1S/C22H28F2O5/c1-11-6-13-14-8-16(23)15-7-12(26)4-5-19(15,2)21(14,24)17(27)9-20(13,3)22(11,29)18(28)10-25/h4-5,7,11,13-14,16-17,25,27,29H,6,8-10H2,1-3H3/t11?,13?,14?,16?,17-,19-,20-,21?,22?/m0/s1. The highest BCUT2D eigenvalue weighted by Gasteiger charge is 2.76. The molecule has 0 aromatic heterocycles. The van der Waals surface area contributed by atoms with Crippen LogP contribution in [0.2, 0.25) is 0 Å². The van der Waals surface area contributed by atoms with E-state index in [1.54, 1.807) is 13.8 Å². The quantitative estimate of drug-likeness (QED) is 0.646. The van der Waals surface area contributed by atoms with Crippen LogP contribution < -0.4 is 0 Å². The summed E-state index contributed by atoms with van der Waals surface area (Å²) in [5, 5.41) is 31.9. The number of allylic oxidation sites excluding steroid dienone is 4. The number of aliphatic hydroxyl groups excluding tert-OH is 2. The Morgan fingerprint density at radius 1 is 1.28 bits per heavy atom. The summed E-state index contributed by atoms with van der Waals surface area (Å²) in [6.07, 6.45) is 0.427. The van der Waals surface area contributed by atoms with E-state index < -0.39 is 70.3 Å². The second kappa shape index (κ2) is 6.05. The van der Waals surface area contributed by atoms with Crippen LogP contribution in [0, 0.1) is 28.6 Å². The second-order valence-corrected chi connectivity index (χ2v) is 9.84. The number of carbonyl (C=O) groups is 2. The van der Waals surface area contributed by atoms with E-state index in [2.05, 4.69) is 0 Å². The first kappa shape index (κ1) is 20.8. The Labute approximate surface area is 168 Å². The number of halogens is 2. The van der Waals surface area contributed by atoms with Crippen molar-refractivity contribution in [1.82, 2.24) is 0 Å². The van der Waals surface area contributed by atoms with Gasteiger partial charge >= 0.3 is 0 Å². The minimum atomic E-state index is -2.24. The lowest BCUT2D eigenvalue weighted by atomic mass is 9.44. The van der Waals surface area contributed by atoms with E-state index >= 15 is 8.78 Å². The molecule has 6 unspecified atom stereocenters. The number of hydrogen-bond acceptors (Lipinski definition) is 5. The lowest BCUT2D eigenvalue weighted by Crippen LogP contribution is -2.70. The van der Waals surface area contributed by atoms with Crippen molar-refractivity contribution in [3.8, 4) is 0 Å². The van der Waals surface area contributed by atoms with Crippen LogP contribution in [0.1, 0.15) is 40.0 Å². The van der Waals surface area contributed by atoms with Crippen LogP contribution in [0.25, 0.3) is 0 Å². The molecule has 29 heavy (non-hydrogen) atoms. The highest BCUT2D eigenvalue weighted by molar-refractivity contribution is 6.01. The fourth-order valence-electron chi connectivity index (χ4n) is 7.25. The van der Waals surface area contributed by atoms with Crippen molar-refractivity contribution in [2.45, 2.75) is 63.6 Å². The molecule has 0 spiro atoms. The first-order valence-corrected chi connectivity index (χ1v) is 10.2. The fourth-order valence-corrected chi connectivity index (χ4v) is 7.25. The number of Topliss-reactive ketones (excluding diaryl/α,β-unsaturated/α-hetero) is 1. The van der Waals surface area contributed by atoms with E-state index in [1.165, 1.54) is 19.1 Å². The molecule has 0 radical (unpaired) electrons. The normalized spacial score (nSPS) is 53.7. The van der Waals surface area contributed by atoms with Gasteiger partial charge in [-0.25, -0.2) is 8.78 Å². The molecule has 4 aliphatic rings. The van der Waals surface area contributed by atoms with Crippen LogP contribution in [0.15, 0.2) is 23.8 Å². The van der Waals surface area contributed by atoms with Gasteiger partial charge in [0.05, 0.1) is 6.10 Å². The van der Waals surface area contributed by atoms with Crippen molar-refractivity contribution in [2.75, 3.05) is 6.61 Å². The number of rotatable bonds is 2. The molecule has 0 amide bonds. The van der Waals surface area contributed by atoms with Crippen LogP contribution in [0.4, 0.5) is 8.78 Å². The summed E-state index contributed by atoms with van der Waals surface area (Å²) in [6.45, 7) is 3.96. The molecule has 9 atom stereocenters. The number of ketones is 2. The number of carbonyl (C=O) groups excluding carboxylic acids is 2. The maximum Gasteiger partial charge on any atom is 0.190 e. The lowest BCUT2D eigenvalue weighted by molar-refractivity contribution is -0.223. The average Bonchev–Trinajstić information content (AvgIpc) is 2.86. The number of aliphatic hydroxyl groups is 3. The molecular formula is C22H28F2O5. The zero-order chi connectivity index (χ0) is 21.6. The molecule has 4 aliphatic carbocycles. The van der Waals surface area contributed by atoms with Gasteiger partial charge in [-0.3, -0.25) is 9.59 Å². The minimum absolute atomic E-state index is 0.0409. The molecule has 3 N–H and O–H groups in total. The van der Waals surface area contributed by atoms with Gasteiger partial charge in [-0.2, -0.15) is 0 Å². The Morgan fingerprint density at radius 2 is 1.93 bits per heavy atom. The smallest absolute Gasteiger partial charge is 0.190 e. The third kappa shape index (κ3) is 2.19. The van der Waals surface area contributed by atoms with Gasteiger partial charge in [0.15, 0.2) is 17.2 Å². The van der Waals surface area contributed by atoms with Crippen LogP contribution in [0.5, 0.6) is 0 Å². The van der Waals surface area contributed by atoms with Crippen molar-refractivity contribution in [3.05, 3.63) is 23.8 Å². The molecule has 0 aromatic rings. The van der Waals surface area contributed by atoms with Crippen LogP contribution >= 0.6 is 0 Å². The predicted octanol–water partition coefficient (Wildman–Crippen LogP) is 1.84. The SMILES string of the molecule is CC1CC2C3CC(F)C4=CC(=O)C=C[C@]4(C)C3(F)[C@@H](O)C[C@]2(C)C1(O)C(=O)CO. The van der Waals surface area contributed by atoms with E-state index in [0.29, 0.717) is 0 Å². The van der Waals surface area contributed by atoms with Gasteiger partial charge in [0.2, 0.25) is 0 Å². The van der Waals surface area contributed by atoms with Crippen molar-refractivity contribution in [3.63, 3.8) is 0 Å². The zero-order valence-corrected chi connectivity index (χ0v) is 16.9. The van der Waals surface area contributed by atoms with Crippen LogP contribution in [-0.2, 0) is 9.59 Å². The average molecular weight is 410 g/mol. The highest BCUT2D eigenvalue weighted by Crippen LogP contribution is 2.70. The summed E-state index contributed by atoms with van der Waals surface area (Å²) in [6, 6.07) is 0. The molecule has 0 heterocycles.